The molecular weight excluding hydrogens is 476 g/mol. The Morgan fingerprint density at radius 2 is 1.79 bits per heavy atom. The van der Waals surface area contributed by atoms with E-state index in [2.05, 4.69) is 44.1 Å². The highest BCUT2D eigenvalue weighted by Gasteiger charge is 2.45. The van der Waals surface area contributed by atoms with Gasteiger partial charge in [0, 0.05) is 29.3 Å². The van der Waals surface area contributed by atoms with Gasteiger partial charge in [-0.1, -0.05) is 42.4 Å². The zero-order chi connectivity index (χ0) is 26.8. The first-order valence-corrected chi connectivity index (χ1v) is 13.9. The number of phenols is 1. The third kappa shape index (κ3) is 5.01. The molecule has 1 heterocycles. The van der Waals surface area contributed by atoms with Gasteiger partial charge in [-0.05, 0) is 92.7 Å². The monoisotopic (exact) mass is 514 g/mol. The second kappa shape index (κ2) is 11.1. The van der Waals surface area contributed by atoms with E-state index in [1.165, 1.54) is 16.7 Å². The van der Waals surface area contributed by atoms with Crippen molar-refractivity contribution in [3.63, 3.8) is 0 Å². The van der Waals surface area contributed by atoms with E-state index in [1.807, 2.05) is 12.1 Å². The number of ether oxygens (including phenoxy) is 1. The predicted molar refractivity (Wildman–Crippen MR) is 150 cm³/mol. The average molecular weight is 515 g/mol. The number of oxime groups is 1. The molecule has 2 aromatic rings. The van der Waals surface area contributed by atoms with Gasteiger partial charge in [-0.3, -0.25) is 9.79 Å². The van der Waals surface area contributed by atoms with Gasteiger partial charge in [0.15, 0.2) is 0 Å². The molecule has 5 rings (SSSR count). The summed E-state index contributed by atoms with van der Waals surface area (Å²) in [5, 5.41) is 14.9. The number of hydrogen-bond acceptors (Lipinski definition) is 6. The van der Waals surface area contributed by atoms with Crippen molar-refractivity contribution in [2.24, 2.45) is 16.1 Å². The van der Waals surface area contributed by atoms with E-state index >= 15 is 0 Å². The molecule has 1 saturated carbocycles. The Morgan fingerprint density at radius 3 is 2.45 bits per heavy atom. The third-order valence-corrected chi connectivity index (χ3v) is 8.37. The molecule has 3 unspecified atom stereocenters. The summed E-state index contributed by atoms with van der Waals surface area (Å²) < 4.78 is 6.09. The van der Waals surface area contributed by atoms with Crippen LogP contribution in [-0.4, -0.2) is 35.7 Å². The fourth-order valence-corrected chi connectivity index (χ4v) is 6.76. The van der Waals surface area contributed by atoms with Crippen molar-refractivity contribution in [1.82, 2.24) is 0 Å². The van der Waals surface area contributed by atoms with E-state index in [9.17, 15) is 9.90 Å². The summed E-state index contributed by atoms with van der Waals surface area (Å²) in [4.78, 5) is 24.4. The second-order valence-electron chi connectivity index (χ2n) is 10.8. The van der Waals surface area contributed by atoms with Crippen molar-refractivity contribution in [1.29, 1.82) is 0 Å². The summed E-state index contributed by atoms with van der Waals surface area (Å²) in [5.74, 6) is -0.780. The Labute approximate surface area is 225 Å². The highest BCUT2D eigenvalue weighted by atomic mass is 16.6. The van der Waals surface area contributed by atoms with Crippen LogP contribution in [0.5, 0.6) is 5.75 Å². The lowest BCUT2D eigenvalue weighted by atomic mass is 9.68. The summed E-state index contributed by atoms with van der Waals surface area (Å²) in [6, 6.07) is 13.6. The molecule has 0 radical (unpaired) electrons. The van der Waals surface area contributed by atoms with E-state index in [0.717, 1.165) is 60.4 Å². The Kier molecular flexibility index (Phi) is 7.68. The average Bonchev–Trinajstić information content (AvgIpc) is 3.40. The van der Waals surface area contributed by atoms with Crippen LogP contribution in [0, 0.1) is 19.8 Å². The molecule has 2 aromatic carbocycles. The molecule has 1 fully saturated rings. The first kappa shape index (κ1) is 26.2. The molecule has 0 amide bonds. The van der Waals surface area contributed by atoms with Gasteiger partial charge < -0.3 is 14.7 Å². The van der Waals surface area contributed by atoms with Crippen LogP contribution in [0.25, 0.3) is 0 Å². The molecule has 0 saturated heterocycles. The number of allylic oxidation sites excluding steroid dienone is 2. The number of hydrogen-bond donors (Lipinski definition) is 1. The van der Waals surface area contributed by atoms with Crippen LogP contribution in [-0.2, 0) is 14.4 Å². The first-order valence-electron chi connectivity index (χ1n) is 13.9. The smallest absolute Gasteiger partial charge is 0.315 e. The van der Waals surface area contributed by atoms with Gasteiger partial charge in [-0.25, -0.2) is 0 Å². The molecule has 38 heavy (non-hydrogen) atoms. The highest BCUT2D eigenvalue weighted by Crippen LogP contribution is 2.49. The van der Waals surface area contributed by atoms with Crippen LogP contribution >= 0.6 is 0 Å². The lowest BCUT2D eigenvalue weighted by Crippen LogP contribution is -2.40. The van der Waals surface area contributed by atoms with Crippen LogP contribution in [0.15, 0.2) is 63.9 Å². The summed E-state index contributed by atoms with van der Waals surface area (Å²) in [6.45, 7) is 6.37. The zero-order valence-corrected chi connectivity index (χ0v) is 22.9. The van der Waals surface area contributed by atoms with Gasteiger partial charge in [0.25, 0.3) is 0 Å². The maximum absolute atomic E-state index is 13.8. The number of rotatable bonds is 6. The SMILES string of the molecule is CCC1=NC2=C(C(=NOC)CC(c3c(C)cccc3C)C2)C(c2cccc(O)c2)C1C(=O)OC1CCCC1. The van der Waals surface area contributed by atoms with Gasteiger partial charge in [0.2, 0.25) is 0 Å². The Hall–Kier alpha value is -3.41. The quantitative estimate of drug-likeness (QED) is 0.336. The molecule has 1 aliphatic heterocycles. The molecule has 3 atom stereocenters. The summed E-state index contributed by atoms with van der Waals surface area (Å²) in [5.41, 5.74) is 8.24. The maximum atomic E-state index is 13.8. The standard InChI is InChI=1S/C32H38N2O4/c1-5-25-31(32(36)38-24-14-6-7-15-24)29(21-12-9-13-23(35)16-21)30-26(33-25)17-22(18-27(30)34-37-4)28-19(2)10-8-11-20(28)3/h8-13,16,22,24,29,31,35H,5-7,14-15,17-18H2,1-4H3. The third-order valence-electron chi connectivity index (χ3n) is 8.37. The molecule has 200 valence electrons. The minimum absolute atomic E-state index is 0.0345. The molecule has 0 aromatic heterocycles. The van der Waals surface area contributed by atoms with Crippen LogP contribution in [0.3, 0.4) is 0 Å². The molecule has 0 bridgehead atoms. The summed E-state index contributed by atoms with van der Waals surface area (Å²) >= 11 is 0. The lowest BCUT2D eigenvalue weighted by Gasteiger charge is -2.39. The number of esters is 1. The number of aromatic hydroxyl groups is 1. The van der Waals surface area contributed by atoms with Gasteiger partial charge in [-0.15, -0.1) is 0 Å². The van der Waals surface area contributed by atoms with Crippen molar-refractivity contribution < 1.29 is 19.5 Å². The molecule has 6 heteroatoms. The van der Waals surface area contributed by atoms with Gasteiger partial charge >= 0.3 is 5.97 Å². The molecular formula is C32H38N2O4. The van der Waals surface area contributed by atoms with Crippen molar-refractivity contribution in [2.45, 2.75) is 83.7 Å². The number of aliphatic imine (C=N–C) groups is 1. The molecule has 0 spiro atoms. The molecule has 6 nitrogen and oxygen atoms in total. The number of carbonyl (C=O) groups is 1. The van der Waals surface area contributed by atoms with E-state index < -0.39 is 5.92 Å². The number of carbonyl (C=O) groups excluding carboxylic acids is 1. The minimum Gasteiger partial charge on any atom is -0.508 e. The number of aryl methyl sites for hydroxylation is 2. The fraction of sp³-hybridized carbons (Fsp3) is 0.469. The number of phenolic OH excluding ortho intramolecular Hbond substituents is 1. The number of benzene rings is 2. The van der Waals surface area contributed by atoms with Crippen LogP contribution in [0.4, 0.5) is 0 Å². The van der Waals surface area contributed by atoms with Gasteiger partial charge in [0.05, 0.1) is 5.71 Å². The highest BCUT2D eigenvalue weighted by molar-refractivity contribution is 6.11. The van der Waals surface area contributed by atoms with Crippen molar-refractivity contribution in [3.8, 4) is 5.75 Å². The molecule has 3 aliphatic rings. The fourth-order valence-electron chi connectivity index (χ4n) is 6.76. The number of nitrogens with zero attached hydrogens (tertiary/aromatic N) is 2. The topological polar surface area (TPSA) is 80.5 Å². The van der Waals surface area contributed by atoms with E-state index in [-0.39, 0.29) is 29.7 Å². The first-order chi connectivity index (χ1) is 18.4. The second-order valence-corrected chi connectivity index (χ2v) is 10.8. The van der Waals surface area contributed by atoms with E-state index in [0.29, 0.717) is 12.8 Å². The normalized spacial score (nSPS) is 24.8. The van der Waals surface area contributed by atoms with Crippen LogP contribution in [0.2, 0.25) is 0 Å². The van der Waals surface area contributed by atoms with Crippen LogP contribution < -0.4 is 0 Å². The van der Waals surface area contributed by atoms with Crippen molar-refractivity contribution in [3.05, 3.63) is 76.0 Å². The van der Waals surface area contributed by atoms with Crippen LogP contribution in [0.1, 0.15) is 86.0 Å². The minimum atomic E-state index is -0.569. The molecule has 2 aliphatic carbocycles. The largest absolute Gasteiger partial charge is 0.508 e. The summed E-state index contributed by atoms with van der Waals surface area (Å²) in [7, 11) is 1.56. The van der Waals surface area contributed by atoms with E-state index in [1.54, 1.807) is 19.2 Å². The lowest BCUT2D eigenvalue weighted by molar-refractivity contribution is -0.151. The zero-order valence-electron chi connectivity index (χ0n) is 22.9. The molecule has 1 N–H and O–H groups in total. The van der Waals surface area contributed by atoms with Crippen molar-refractivity contribution in [2.75, 3.05) is 7.11 Å². The van der Waals surface area contributed by atoms with E-state index in [4.69, 9.17) is 14.6 Å². The Morgan fingerprint density at radius 1 is 1.08 bits per heavy atom. The maximum Gasteiger partial charge on any atom is 0.315 e. The predicted octanol–water partition coefficient (Wildman–Crippen LogP) is 6.89. The Balaban J connectivity index is 1.65. The summed E-state index contributed by atoms with van der Waals surface area (Å²) in [6.07, 6.45) is 6.06. The Bertz CT molecular complexity index is 1280. The van der Waals surface area contributed by atoms with Crippen molar-refractivity contribution >= 4 is 17.4 Å². The van der Waals surface area contributed by atoms with Gasteiger partial charge in [-0.2, -0.15) is 0 Å². The van der Waals surface area contributed by atoms with Gasteiger partial charge in [0.1, 0.15) is 24.9 Å².